The van der Waals surface area contributed by atoms with E-state index in [1.165, 1.54) is 12.1 Å². The minimum atomic E-state index is -4.56. The lowest BCUT2D eigenvalue weighted by atomic mass is 10.1. The van der Waals surface area contributed by atoms with Crippen LogP contribution in [0.1, 0.15) is 21.7 Å². The normalized spacial score (nSPS) is 11.6. The molecule has 0 atom stereocenters. The van der Waals surface area contributed by atoms with Crippen LogP contribution in [-0.2, 0) is 6.18 Å². The van der Waals surface area contributed by atoms with Gasteiger partial charge in [0.05, 0.1) is 17.8 Å². The smallest absolute Gasteiger partial charge is 0.400 e. The molecule has 0 aliphatic heterocycles. The van der Waals surface area contributed by atoms with E-state index in [4.69, 9.17) is 4.42 Å². The second-order valence-corrected chi connectivity index (χ2v) is 4.21. The Morgan fingerprint density at radius 2 is 2.04 bits per heavy atom. The van der Waals surface area contributed by atoms with Crippen molar-refractivity contribution in [2.45, 2.75) is 6.18 Å². The van der Waals surface area contributed by atoms with Crippen molar-refractivity contribution in [3.05, 3.63) is 63.4 Å². The lowest BCUT2D eigenvalue weighted by Gasteiger charge is -2.07. The molecule has 0 radical (unpaired) electrons. The molecule has 2 aromatic rings. The zero-order valence-electron chi connectivity index (χ0n) is 11.2. The number of nitrogens with one attached hydrogen (secondary N) is 1. The molecule has 2 rings (SSSR count). The van der Waals surface area contributed by atoms with Crippen LogP contribution in [0.25, 0.3) is 0 Å². The summed E-state index contributed by atoms with van der Waals surface area (Å²) < 4.78 is 42.4. The zero-order chi connectivity index (χ0) is 17.0. The topological polar surface area (TPSA) is 97.7 Å². The Hall–Kier alpha value is -3.17. The molecular weight excluding hydrogens is 319 g/mol. The molecule has 0 aliphatic rings. The minimum absolute atomic E-state index is 0.000965. The molecule has 23 heavy (non-hydrogen) atoms. The maximum atomic E-state index is 12.5. The van der Waals surface area contributed by atoms with Crippen LogP contribution in [0.4, 0.5) is 19.1 Å². The number of rotatable bonds is 4. The van der Waals surface area contributed by atoms with Crippen LogP contribution >= 0.6 is 0 Å². The minimum Gasteiger partial charge on any atom is -0.400 e. The quantitative estimate of drug-likeness (QED) is 0.530. The number of carbonyl (C=O) groups excluding carboxylic acids is 1. The lowest BCUT2D eigenvalue weighted by molar-refractivity contribution is -0.402. The van der Waals surface area contributed by atoms with Crippen LogP contribution < -0.4 is 5.43 Å². The van der Waals surface area contributed by atoms with Gasteiger partial charge in [0.15, 0.2) is 5.76 Å². The molecule has 0 spiro atoms. The van der Waals surface area contributed by atoms with Crippen molar-refractivity contribution >= 4 is 18.0 Å². The fourth-order valence-corrected chi connectivity index (χ4v) is 1.57. The highest BCUT2D eigenvalue weighted by molar-refractivity contribution is 5.94. The van der Waals surface area contributed by atoms with E-state index in [1.54, 1.807) is 0 Å². The number of furan rings is 1. The molecule has 0 bridgehead atoms. The number of hydrazone groups is 1. The van der Waals surface area contributed by atoms with Crippen molar-refractivity contribution in [1.82, 2.24) is 5.43 Å². The average Bonchev–Trinajstić information content (AvgIpc) is 2.95. The fraction of sp³-hybridized carbons (Fsp3) is 0.0769. The van der Waals surface area contributed by atoms with E-state index in [9.17, 15) is 28.1 Å². The van der Waals surface area contributed by atoms with Crippen LogP contribution in [0.15, 0.2) is 45.9 Å². The van der Waals surface area contributed by atoms with Crippen molar-refractivity contribution in [3.8, 4) is 0 Å². The van der Waals surface area contributed by atoms with E-state index in [-0.39, 0.29) is 11.3 Å². The molecule has 0 fully saturated rings. The molecule has 1 amide bonds. The zero-order valence-corrected chi connectivity index (χ0v) is 11.2. The highest BCUT2D eigenvalue weighted by Crippen LogP contribution is 2.29. The van der Waals surface area contributed by atoms with Crippen LogP contribution in [0.3, 0.4) is 0 Å². The van der Waals surface area contributed by atoms with E-state index in [1.807, 2.05) is 5.43 Å². The molecule has 7 nitrogen and oxygen atoms in total. The Balaban J connectivity index is 2.04. The Morgan fingerprint density at radius 1 is 1.30 bits per heavy atom. The molecule has 0 unspecified atom stereocenters. The fourth-order valence-electron chi connectivity index (χ4n) is 1.57. The van der Waals surface area contributed by atoms with Crippen LogP contribution in [0.2, 0.25) is 0 Å². The van der Waals surface area contributed by atoms with Gasteiger partial charge in [-0.2, -0.15) is 18.3 Å². The third kappa shape index (κ3) is 4.15. The molecule has 10 heteroatoms. The van der Waals surface area contributed by atoms with Gasteiger partial charge in [0.25, 0.3) is 5.91 Å². The second-order valence-electron chi connectivity index (χ2n) is 4.21. The average molecular weight is 327 g/mol. The standard InChI is InChI=1S/C13H8F3N3O4/c14-13(15,16)9-3-1-2-8(6-9)12(20)18-17-7-10-4-5-11(23-10)19(21)22/h1-7H,(H,18,20)/b17-7-. The first-order valence-corrected chi connectivity index (χ1v) is 6.02. The molecule has 1 aromatic carbocycles. The summed E-state index contributed by atoms with van der Waals surface area (Å²) in [4.78, 5) is 21.3. The molecule has 0 aliphatic carbocycles. The van der Waals surface area contributed by atoms with Gasteiger partial charge in [0.2, 0.25) is 0 Å². The van der Waals surface area contributed by atoms with Gasteiger partial charge in [-0.1, -0.05) is 6.07 Å². The number of benzene rings is 1. The molecule has 1 heterocycles. The maximum absolute atomic E-state index is 12.5. The summed E-state index contributed by atoms with van der Waals surface area (Å²) in [6.45, 7) is 0. The van der Waals surface area contributed by atoms with Gasteiger partial charge < -0.3 is 4.42 Å². The summed E-state index contributed by atoms with van der Waals surface area (Å²) in [6, 6.07) is 6.15. The number of alkyl halides is 3. The highest BCUT2D eigenvalue weighted by Gasteiger charge is 2.30. The number of carbonyl (C=O) groups is 1. The van der Waals surface area contributed by atoms with Gasteiger partial charge in [0.1, 0.15) is 4.92 Å². The summed E-state index contributed by atoms with van der Waals surface area (Å²) in [5, 5.41) is 13.9. The van der Waals surface area contributed by atoms with E-state index < -0.39 is 28.5 Å². The van der Waals surface area contributed by atoms with Gasteiger partial charge in [-0.3, -0.25) is 14.9 Å². The van der Waals surface area contributed by atoms with Gasteiger partial charge in [-0.25, -0.2) is 5.43 Å². The maximum Gasteiger partial charge on any atom is 0.433 e. The predicted molar refractivity (Wildman–Crippen MR) is 71.9 cm³/mol. The van der Waals surface area contributed by atoms with E-state index >= 15 is 0 Å². The first-order chi connectivity index (χ1) is 10.8. The highest BCUT2D eigenvalue weighted by atomic mass is 19.4. The van der Waals surface area contributed by atoms with Crippen LogP contribution in [0, 0.1) is 10.1 Å². The van der Waals surface area contributed by atoms with Crippen LogP contribution in [0.5, 0.6) is 0 Å². The third-order valence-corrected chi connectivity index (χ3v) is 2.60. The van der Waals surface area contributed by atoms with Crippen molar-refractivity contribution in [2.75, 3.05) is 0 Å². The van der Waals surface area contributed by atoms with Crippen molar-refractivity contribution in [3.63, 3.8) is 0 Å². The number of hydrogen-bond donors (Lipinski definition) is 1. The molecule has 1 N–H and O–H groups in total. The van der Waals surface area contributed by atoms with Gasteiger partial charge in [-0.15, -0.1) is 0 Å². The van der Waals surface area contributed by atoms with Crippen molar-refractivity contribution in [1.29, 1.82) is 0 Å². The predicted octanol–water partition coefficient (Wildman–Crippen LogP) is 2.97. The Kier molecular flexibility index (Phi) is 4.44. The van der Waals surface area contributed by atoms with E-state index in [2.05, 4.69) is 5.10 Å². The molecular formula is C13H8F3N3O4. The van der Waals surface area contributed by atoms with Gasteiger partial charge >= 0.3 is 12.1 Å². The van der Waals surface area contributed by atoms with E-state index in [0.29, 0.717) is 6.07 Å². The Morgan fingerprint density at radius 3 is 2.65 bits per heavy atom. The Bertz CT molecular complexity index is 768. The number of amides is 1. The first kappa shape index (κ1) is 16.2. The monoisotopic (exact) mass is 327 g/mol. The number of nitro groups is 1. The second kappa shape index (κ2) is 6.30. The summed E-state index contributed by atoms with van der Waals surface area (Å²) >= 11 is 0. The number of nitrogens with zero attached hydrogens (tertiary/aromatic N) is 2. The number of halogens is 3. The number of hydrogen-bond acceptors (Lipinski definition) is 5. The molecule has 1 aromatic heterocycles. The summed E-state index contributed by atoms with van der Waals surface area (Å²) in [5.41, 5.74) is 0.802. The van der Waals surface area contributed by atoms with E-state index in [0.717, 1.165) is 24.4 Å². The van der Waals surface area contributed by atoms with Crippen LogP contribution in [-0.4, -0.2) is 17.0 Å². The largest absolute Gasteiger partial charge is 0.433 e. The van der Waals surface area contributed by atoms with Crippen molar-refractivity contribution in [2.24, 2.45) is 5.10 Å². The summed E-state index contributed by atoms with van der Waals surface area (Å²) in [7, 11) is 0. The SMILES string of the molecule is O=C(N/N=C\c1ccc([N+](=O)[O-])o1)c1cccc(C(F)(F)F)c1. The molecule has 120 valence electrons. The van der Waals surface area contributed by atoms with Crippen molar-refractivity contribution < 1.29 is 27.3 Å². The molecule has 0 saturated heterocycles. The van der Waals surface area contributed by atoms with Gasteiger partial charge in [-0.05, 0) is 24.3 Å². The first-order valence-electron chi connectivity index (χ1n) is 6.02. The van der Waals surface area contributed by atoms with Gasteiger partial charge in [0, 0.05) is 5.56 Å². The molecule has 0 saturated carbocycles. The summed E-state index contributed by atoms with van der Waals surface area (Å²) in [6.07, 6.45) is -3.58. The Labute approximate surface area is 126 Å². The lowest BCUT2D eigenvalue weighted by Crippen LogP contribution is -2.18. The summed E-state index contributed by atoms with van der Waals surface area (Å²) in [5.74, 6) is -1.37. The third-order valence-electron chi connectivity index (χ3n) is 2.60.